The number of nitrogens with zero attached hydrogens (tertiary/aromatic N) is 1. The van der Waals surface area contributed by atoms with Gasteiger partial charge in [0, 0.05) is 18.0 Å². The maximum absolute atomic E-state index is 5.97. The van der Waals surface area contributed by atoms with Gasteiger partial charge in [0.25, 0.3) is 0 Å². The lowest BCUT2D eigenvalue weighted by atomic mass is 10.0. The van der Waals surface area contributed by atoms with Crippen LogP contribution in [0.15, 0.2) is 0 Å². The van der Waals surface area contributed by atoms with Crippen molar-refractivity contribution >= 4 is 11.6 Å². The first-order chi connectivity index (χ1) is 6.77. The summed E-state index contributed by atoms with van der Waals surface area (Å²) in [4.78, 5) is 2.30. The Hall–Kier alpha value is 0.210. The topological polar surface area (TPSA) is 12.5 Å². The fourth-order valence-corrected chi connectivity index (χ4v) is 2.06. The molecular weight excluding hydrogens is 210 g/mol. The number of rotatable bonds is 4. The van der Waals surface area contributed by atoms with Crippen LogP contribution in [-0.4, -0.2) is 41.6 Å². The highest BCUT2D eigenvalue weighted by molar-refractivity contribution is 6.18. The summed E-state index contributed by atoms with van der Waals surface area (Å²) in [6.07, 6.45) is 2.69. The van der Waals surface area contributed by atoms with Gasteiger partial charge >= 0.3 is 0 Å². The molecule has 1 aliphatic rings. The number of halogens is 1. The van der Waals surface area contributed by atoms with Crippen molar-refractivity contribution in [3.05, 3.63) is 0 Å². The number of alkyl halides is 1. The summed E-state index contributed by atoms with van der Waals surface area (Å²) in [5.74, 6) is 0.652. The lowest BCUT2D eigenvalue weighted by molar-refractivity contribution is -0.0348. The molecule has 0 spiro atoms. The van der Waals surface area contributed by atoms with Crippen molar-refractivity contribution in [3.63, 3.8) is 0 Å². The standard InChI is InChI=1S/C12H24ClNO/c1-11(2,9-13)14(5)8-10-6-7-12(3,4)15-10/h10H,6-9H2,1-5H3. The molecule has 1 heterocycles. The third kappa shape index (κ3) is 3.61. The van der Waals surface area contributed by atoms with E-state index in [1.165, 1.54) is 0 Å². The van der Waals surface area contributed by atoms with Crippen molar-refractivity contribution in [2.45, 2.75) is 57.8 Å². The van der Waals surface area contributed by atoms with E-state index in [9.17, 15) is 0 Å². The summed E-state index contributed by atoms with van der Waals surface area (Å²) < 4.78 is 5.97. The maximum atomic E-state index is 5.97. The van der Waals surface area contributed by atoms with Gasteiger partial charge < -0.3 is 4.74 Å². The molecule has 2 nitrogen and oxygen atoms in total. The molecule has 0 amide bonds. The van der Waals surface area contributed by atoms with E-state index >= 15 is 0 Å². The van der Waals surface area contributed by atoms with E-state index in [0.29, 0.717) is 12.0 Å². The summed E-state index contributed by atoms with van der Waals surface area (Å²) in [5, 5.41) is 0. The molecule has 0 aromatic carbocycles. The normalized spacial score (nSPS) is 26.2. The van der Waals surface area contributed by atoms with Crippen LogP contribution < -0.4 is 0 Å². The van der Waals surface area contributed by atoms with Crippen LogP contribution in [0.2, 0.25) is 0 Å². The number of ether oxygens (including phenoxy) is 1. The molecule has 1 rings (SSSR count). The summed E-state index contributed by atoms with van der Waals surface area (Å²) in [7, 11) is 2.12. The van der Waals surface area contributed by atoms with E-state index in [4.69, 9.17) is 16.3 Å². The SMILES string of the molecule is CN(CC1CCC(C)(C)O1)C(C)(C)CCl. The van der Waals surface area contributed by atoms with Gasteiger partial charge in [-0.25, -0.2) is 0 Å². The fraction of sp³-hybridized carbons (Fsp3) is 1.00. The van der Waals surface area contributed by atoms with Gasteiger partial charge in [0.05, 0.1) is 11.7 Å². The van der Waals surface area contributed by atoms with Gasteiger partial charge in [0.15, 0.2) is 0 Å². The highest BCUT2D eigenvalue weighted by atomic mass is 35.5. The zero-order valence-corrected chi connectivity index (χ0v) is 11.4. The smallest absolute Gasteiger partial charge is 0.0710 e. The van der Waals surface area contributed by atoms with E-state index in [1.54, 1.807) is 0 Å². The average Bonchev–Trinajstić information content (AvgIpc) is 2.45. The molecule has 0 aliphatic carbocycles. The predicted molar refractivity (Wildman–Crippen MR) is 65.6 cm³/mol. The van der Waals surface area contributed by atoms with Crippen LogP contribution >= 0.6 is 11.6 Å². The minimum absolute atomic E-state index is 0.0532. The fourth-order valence-electron chi connectivity index (χ4n) is 1.86. The van der Waals surface area contributed by atoms with Crippen molar-refractivity contribution in [2.75, 3.05) is 19.5 Å². The van der Waals surface area contributed by atoms with Crippen molar-refractivity contribution in [2.24, 2.45) is 0 Å². The monoisotopic (exact) mass is 233 g/mol. The Balaban J connectivity index is 2.43. The quantitative estimate of drug-likeness (QED) is 0.693. The van der Waals surface area contributed by atoms with Crippen LogP contribution in [0, 0.1) is 0 Å². The molecule has 15 heavy (non-hydrogen) atoms. The van der Waals surface area contributed by atoms with Crippen LogP contribution in [0.1, 0.15) is 40.5 Å². The second-order valence-corrected chi connectivity index (χ2v) is 6.13. The molecule has 0 saturated carbocycles. The van der Waals surface area contributed by atoms with Crippen molar-refractivity contribution in [1.29, 1.82) is 0 Å². The number of likely N-dealkylation sites (N-methyl/N-ethyl adjacent to an activating group) is 1. The second-order valence-electron chi connectivity index (χ2n) is 5.86. The van der Waals surface area contributed by atoms with Gasteiger partial charge in [0.2, 0.25) is 0 Å². The Kier molecular flexibility index (Phi) is 4.07. The summed E-state index contributed by atoms with van der Waals surface area (Å²) >= 11 is 5.95. The Morgan fingerprint density at radius 1 is 1.47 bits per heavy atom. The third-order valence-electron chi connectivity index (χ3n) is 3.39. The van der Waals surface area contributed by atoms with Crippen LogP contribution in [0.4, 0.5) is 0 Å². The lowest BCUT2D eigenvalue weighted by Crippen LogP contribution is -2.46. The van der Waals surface area contributed by atoms with Gasteiger partial charge in [-0.2, -0.15) is 0 Å². The zero-order chi connectivity index (χ0) is 11.7. The summed E-state index contributed by atoms with van der Waals surface area (Å²) in [6, 6.07) is 0. The van der Waals surface area contributed by atoms with E-state index < -0.39 is 0 Å². The Labute approximate surface area is 98.9 Å². The van der Waals surface area contributed by atoms with Crippen molar-refractivity contribution < 1.29 is 4.74 Å². The largest absolute Gasteiger partial charge is 0.371 e. The van der Waals surface area contributed by atoms with Crippen LogP contribution in [0.3, 0.4) is 0 Å². The van der Waals surface area contributed by atoms with E-state index in [2.05, 4.69) is 39.6 Å². The molecule has 1 aliphatic heterocycles. The minimum atomic E-state index is 0.0532. The van der Waals surface area contributed by atoms with E-state index in [1.807, 2.05) is 0 Å². The third-order valence-corrected chi connectivity index (χ3v) is 4.05. The first-order valence-corrected chi connectivity index (χ1v) is 6.25. The molecule has 0 aromatic heterocycles. The predicted octanol–water partition coefficient (Wildman–Crippen LogP) is 2.89. The first kappa shape index (κ1) is 13.3. The van der Waals surface area contributed by atoms with Crippen LogP contribution in [0.5, 0.6) is 0 Å². The lowest BCUT2D eigenvalue weighted by Gasteiger charge is -2.35. The molecule has 0 aromatic rings. The highest BCUT2D eigenvalue weighted by Gasteiger charge is 2.34. The molecular formula is C12H24ClNO. The molecule has 1 fully saturated rings. The van der Waals surface area contributed by atoms with Gasteiger partial charge in [0.1, 0.15) is 0 Å². The van der Waals surface area contributed by atoms with Gasteiger partial charge in [-0.05, 0) is 47.6 Å². The minimum Gasteiger partial charge on any atom is -0.371 e. The zero-order valence-electron chi connectivity index (χ0n) is 10.6. The Morgan fingerprint density at radius 2 is 2.07 bits per heavy atom. The van der Waals surface area contributed by atoms with Crippen LogP contribution in [0.25, 0.3) is 0 Å². The van der Waals surface area contributed by atoms with E-state index in [-0.39, 0.29) is 11.1 Å². The van der Waals surface area contributed by atoms with Gasteiger partial charge in [-0.15, -0.1) is 11.6 Å². The summed E-state index contributed by atoms with van der Waals surface area (Å²) in [5.41, 5.74) is 0.119. The average molecular weight is 234 g/mol. The molecule has 3 heteroatoms. The van der Waals surface area contributed by atoms with Gasteiger partial charge in [-0.3, -0.25) is 4.90 Å². The Bertz CT molecular complexity index is 216. The molecule has 0 bridgehead atoms. The van der Waals surface area contributed by atoms with Crippen LogP contribution in [-0.2, 0) is 4.74 Å². The van der Waals surface area contributed by atoms with Crippen molar-refractivity contribution in [1.82, 2.24) is 4.90 Å². The Morgan fingerprint density at radius 3 is 2.47 bits per heavy atom. The number of hydrogen-bond donors (Lipinski definition) is 0. The number of hydrogen-bond acceptors (Lipinski definition) is 2. The second kappa shape index (κ2) is 4.60. The van der Waals surface area contributed by atoms with E-state index in [0.717, 1.165) is 19.4 Å². The molecule has 0 radical (unpaired) electrons. The highest BCUT2D eigenvalue weighted by Crippen LogP contribution is 2.30. The maximum Gasteiger partial charge on any atom is 0.0710 e. The molecule has 1 atom stereocenters. The molecule has 1 saturated heterocycles. The van der Waals surface area contributed by atoms with Crippen molar-refractivity contribution in [3.8, 4) is 0 Å². The molecule has 0 N–H and O–H groups in total. The summed E-state index contributed by atoms with van der Waals surface area (Å²) in [6.45, 7) is 9.64. The first-order valence-electron chi connectivity index (χ1n) is 5.72. The van der Waals surface area contributed by atoms with Gasteiger partial charge in [-0.1, -0.05) is 0 Å². The molecule has 90 valence electrons. The molecule has 1 unspecified atom stereocenters.